The fraction of sp³-hybridized carbons (Fsp3) is 0.0769. The standard InChI is InChI=1S/C13H12/c1-2-11-7-5-6-10-13(11)12-8-3-4-9-12/h2-10,12H,1H2. The topological polar surface area (TPSA) is 0 Å². The third-order valence-corrected chi connectivity index (χ3v) is 2.32. The zero-order valence-corrected chi connectivity index (χ0v) is 7.48. The van der Waals surface area contributed by atoms with Crippen LogP contribution in [0.15, 0.2) is 55.1 Å². The van der Waals surface area contributed by atoms with Crippen molar-refractivity contribution in [1.29, 1.82) is 0 Å². The maximum Gasteiger partial charge on any atom is 0.0210 e. The zero-order valence-electron chi connectivity index (χ0n) is 7.48. The lowest BCUT2D eigenvalue weighted by Crippen LogP contribution is -1.91. The van der Waals surface area contributed by atoms with E-state index in [1.165, 1.54) is 11.1 Å². The van der Waals surface area contributed by atoms with Crippen molar-refractivity contribution in [2.75, 3.05) is 0 Å². The maximum atomic E-state index is 3.81. The zero-order chi connectivity index (χ0) is 9.10. The summed E-state index contributed by atoms with van der Waals surface area (Å²) in [6, 6.07) is 8.37. The van der Waals surface area contributed by atoms with Gasteiger partial charge in [0, 0.05) is 5.92 Å². The van der Waals surface area contributed by atoms with Crippen molar-refractivity contribution in [2.24, 2.45) is 0 Å². The fourth-order valence-corrected chi connectivity index (χ4v) is 1.64. The van der Waals surface area contributed by atoms with Crippen LogP contribution in [0.2, 0.25) is 0 Å². The Morgan fingerprint density at radius 2 is 1.77 bits per heavy atom. The quantitative estimate of drug-likeness (QED) is 0.633. The van der Waals surface area contributed by atoms with Gasteiger partial charge in [-0.2, -0.15) is 0 Å². The van der Waals surface area contributed by atoms with E-state index >= 15 is 0 Å². The Kier molecular flexibility index (Phi) is 2.13. The smallest absolute Gasteiger partial charge is 0.0210 e. The molecule has 0 spiro atoms. The minimum absolute atomic E-state index is 0.439. The first-order valence-electron chi connectivity index (χ1n) is 4.48. The van der Waals surface area contributed by atoms with Crippen LogP contribution < -0.4 is 0 Å². The molecule has 0 heteroatoms. The fourth-order valence-electron chi connectivity index (χ4n) is 1.64. The minimum atomic E-state index is 0.439. The van der Waals surface area contributed by atoms with E-state index in [2.05, 4.69) is 49.1 Å². The molecule has 1 aliphatic rings. The molecular formula is C13H12. The molecule has 0 aliphatic heterocycles. The Morgan fingerprint density at radius 3 is 2.46 bits per heavy atom. The van der Waals surface area contributed by atoms with Crippen LogP contribution in [0.4, 0.5) is 0 Å². The third kappa shape index (κ3) is 1.48. The summed E-state index contributed by atoms with van der Waals surface area (Å²) in [5.74, 6) is 0.439. The van der Waals surface area contributed by atoms with Crippen LogP contribution in [0.3, 0.4) is 0 Å². The summed E-state index contributed by atoms with van der Waals surface area (Å²) in [6.07, 6.45) is 10.5. The summed E-state index contributed by atoms with van der Waals surface area (Å²) in [5.41, 5.74) is 2.56. The molecule has 0 saturated carbocycles. The molecule has 0 heterocycles. The Morgan fingerprint density at radius 1 is 1.08 bits per heavy atom. The molecule has 0 nitrogen and oxygen atoms in total. The van der Waals surface area contributed by atoms with Gasteiger partial charge in [0.25, 0.3) is 0 Å². The second-order valence-corrected chi connectivity index (χ2v) is 3.13. The molecule has 0 radical (unpaired) electrons. The Balaban J connectivity index is 2.43. The molecule has 13 heavy (non-hydrogen) atoms. The monoisotopic (exact) mass is 168 g/mol. The molecule has 1 aromatic carbocycles. The lowest BCUT2D eigenvalue weighted by molar-refractivity contribution is 1.10. The molecule has 0 saturated heterocycles. The summed E-state index contributed by atoms with van der Waals surface area (Å²) in [7, 11) is 0. The van der Waals surface area contributed by atoms with E-state index in [4.69, 9.17) is 0 Å². The van der Waals surface area contributed by atoms with Gasteiger partial charge in [0.1, 0.15) is 0 Å². The first-order chi connectivity index (χ1) is 6.42. The van der Waals surface area contributed by atoms with Gasteiger partial charge < -0.3 is 0 Å². The van der Waals surface area contributed by atoms with Gasteiger partial charge >= 0.3 is 0 Å². The van der Waals surface area contributed by atoms with E-state index in [9.17, 15) is 0 Å². The highest BCUT2D eigenvalue weighted by atomic mass is 14.1. The molecule has 0 atom stereocenters. The SMILES string of the molecule is C=Cc1ccccc1C1C=CC=C1. The van der Waals surface area contributed by atoms with Crippen LogP contribution in [-0.2, 0) is 0 Å². The van der Waals surface area contributed by atoms with Crippen molar-refractivity contribution >= 4 is 6.08 Å². The number of allylic oxidation sites excluding steroid dienone is 4. The van der Waals surface area contributed by atoms with Crippen molar-refractivity contribution in [3.8, 4) is 0 Å². The van der Waals surface area contributed by atoms with Crippen LogP contribution in [0.25, 0.3) is 6.08 Å². The van der Waals surface area contributed by atoms with Crippen molar-refractivity contribution in [1.82, 2.24) is 0 Å². The van der Waals surface area contributed by atoms with E-state index in [1.54, 1.807) is 0 Å². The molecule has 0 unspecified atom stereocenters. The molecule has 1 aromatic rings. The number of benzene rings is 1. The number of hydrogen-bond donors (Lipinski definition) is 0. The second kappa shape index (κ2) is 3.44. The average molecular weight is 168 g/mol. The third-order valence-electron chi connectivity index (χ3n) is 2.32. The van der Waals surface area contributed by atoms with Crippen LogP contribution in [-0.4, -0.2) is 0 Å². The Labute approximate surface area is 78.9 Å². The minimum Gasteiger partial charge on any atom is -0.0985 e. The summed E-state index contributed by atoms with van der Waals surface area (Å²) in [4.78, 5) is 0. The largest absolute Gasteiger partial charge is 0.0985 e. The number of rotatable bonds is 2. The van der Waals surface area contributed by atoms with Gasteiger partial charge in [-0.3, -0.25) is 0 Å². The second-order valence-electron chi connectivity index (χ2n) is 3.13. The van der Waals surface area contributed by atoms with Gasteiger partial charge in [0.15, 0.2) is 0 Å². The summed E-state index contributed by atoms with van der Waals surface area (Å²) < 4.78 is 0. The van der Waals surface area contributed by atoms with Gasteiger partial charge in [0.2, 0.25) is 0 Å². The molecule has 64 valence electrons. The van der Waals surface area contributed by atoms with E-state index in [0.29, 0.717) is 5.92 Å². The Hall–Kier alpha value is -1.56. The molecule has 0 amide bonds. The highest BCUT2D eigenvalue weighted by molar-refractivity contribution is 5.55. The van der Waals surface area contributed by atoms with Crippen molar-refractivity contribution in [2.45, 2.75) is 5.92 Å². The van der Waals surface area contributed by atoms with Gasteiger partial charge in [-0.1, -0.05) is 61.2 Å². The summed E-state index contributed by atoms with van der Waals surface area (Å²) in [5, 5.41) is 0. The van der Waals surface area contributed by atoms with Gasteiger partial charge in [-0.05, 0) is 11.1 Å². The van der Waals surface area contributed by atoms with Gasteiger partial charge in [0.05, 0.1) is 0 Å². The van der Waals surface area contributed by atoms with E-state index in [0.717, 1.165) is 0 Å². The van der Waals surface area contributed by atoms with Crippen LogP contribution in [0.1, 0.15) is 17.0 Å². The van der Waals surface area contributed by atoms with Crippen molar-refractivity contribution in [3.05, 3.63) is 66.3 Å². The molecule has 2 rings (SSSR count). The lowest BCUT2D eigenvalue weighted by Gasteiger charge is -2.09. The van der Waals surface area contributed by atoms with E-state index < -0.39 is 0 Å². The molecule has 1 aliphatic carbocycles. The summed E-state index contributed by atoms with van der Waals surface area (Å²) in [6.45, 7) is 3.81. The van der Waals surface area contributed by atoms with E-state index in [1.807, 2.05) is 12.1 Å². The lowest BCUT2D eigenvalue weighted by atomic mass is 9.95. The maximum absolute atomic E-state index is 3.81. The first-order valence-corrected chi connectivity index (χ1v) is 4.48. The predicted molar refractivity (Wildman–Crippen MR) is 57.6 cm³/mol. The van der Waals surface area contributed by atoms with Gasteiger partial charge in [-0.15, -0.1) is 0 Å². The van der Waals surface area contributed by atoms with Crippen LogP contribution in [0, 0.1) is 0 Å². The molecule has 0 aromatic heterocycles. The average Bonchev–Trinajstić information content (AvgIpc) is 2.70. The van der Waals surface area contributed by atoms with Crippen LogP contribution in [0.5, 0.6) is 0 Å². The predicted octanol–water partition coefficient (Wildman–Crippen LogP) is 3.54. The first kappa shape index (κ1) is 8.06. The van der Waals surface area contributed by atoms with Crippen molar-refractivity contribution in [3.63, 3.8) is 0 Å². The molecule has 0 fully saturated rings. The van der Waals surface area contributed by atoms with Crippen molar-refractivity contribution < 1.29 is 0 Å². The van der Waals surface area contributed by atoms with E-state index in [-0.39, 0.29) is 0 Å². The highest BCUT2D eigenvalue weighted by Gasteiger charge is 2.08. The highest BCUT2D eigenvalue weighted by Crippen LogP contribution is 2.26. The summed E-state index contributed by atoms with van der Waals surface area (Å²) >= 11 is 0. The van der Waals surface area contributed by atoms with Gasteiger partial charge in [-0.25, -0.2) is 0 Å². The molecule has 0 N–H and O–H groups in total. The Bertz CT molecular complexity index is 357. The number of hydrogen-bond acceptors (Lipinski definition) is 0. The molecule has 0 bridgehead atoms. The molecular weight excluding hydrogens is 156 g/mol. The normalized spacial score (nSPS) is 15.1. The van der Waals surface area contributed by atoms with Crippen LogP contribution >= 0.6 is 0 Å².